The van der Waals surface area contributed by atoms with Crippen molar-refractivity contribution in [1.82, 2.24) is 20.0 Å². The Morgan fingerprint density at radius 3 is 2.44 bits per heavy atom. The molecule has 7 nitrogen and oxygen atoms in total. The molecule has 1 saturated carbocycles. The van der Waals surface area contributed by atoms with E-state index in [4.69, 9.17) is 0 Å². The first-order chi connectivity index (χ1) is 15.5. The van der Waals surface area contributed by atoms with E-state index in [2.05, 4.69) is 17.1 Å². The van der Waals surface area contributed by atoms with Gasteiger partial charge in [-0.25, -0.2) is 4.39 Å². The summed E-state index contributed by atoms with van der Waals surface area (Å²) in [5, 5.41) is 8.11. The normalized spacial score (nSPS) is 25.2. The third kappa shape index (κ3) is 3.61. The molecule has 2 saturated heterocycles. The number of anilines is 1. The van der Waals surface area contributed by atoms with E-state index >= 15 is 0 Å². The van der Waals surface area contributed by atoms with Crippen molar-refractivity contribution in [1.29, 1.82) is 0 Å². The van der Waals surface area contributed by atoms with Crippen LogP contribution in [0.15, 0.2) is 42.6 Å². The Morgan fingerprint density at radius 2 is 1.78 bits per heavy atom. The maximum absolute atomic E-state index is 13.9. The number of hydrogen-bond donors (Lipinski definition) is 0. The molecule has 1 aromatic heterocycles. The second-order valence-electron chi connectivity index (χ2n) is 9.42. The van der Waals surface area contributed by atoms with Crippen molar-refractivity contribution in [2.24, 2.45) is 5.92 Å². The van der Waals surface area contributed by atoms with Crippen LogP contribution in [0.1, 0.15) is 38.2 Å². The predicted octanol–water partition coefficient (Wildman–Crippen LogP) is 2.62. The van der Waals surface area contributed by atoms with Crippen LogP contribution in [0.4, 0.5) is 10.2 Å². The Morgan fingerprint density at radius 1 is 1.06 bits per heavy atom. The number of rotatable bonds is 4. The number of hydrogen-bond acceptors (Lipinski definition) is 5. The summed E-state index contributed by atoms with van der Waals surface area (Å²) in [6.45, 7) is 3.42. The van der Waals surface area contributed by atoms with Crippen molar-refractivity contribution in [3.63, 3.8) is 0 Å². The lowest BCUT2D eigenvalue weighted by Crippen LogP contribution is -2.81. The Bertz CT molecular complexity index is 985. The molecule has 1 aliphatic carbocycles. The average Bonchev–Trinajstić information content (AvgIpc) is 2.78. The monoisotopic (exact) mass is 437 g/mol. The van der Waals surface area contributed by atoms with Crippen molar-refractivity contribution < 1.29 is 14.0 Å². The largest absolute Gasteiger partial charge is 0.349 e. The van der Waals surface area contributed by atoms with Crippen LogP contribution in [0, 0.1) is 11.7 Å². The van der Waals surface area contributed by atoms with E-state index in [0.717, 1.165) is 31.2 Å². The molecule has 2 amide bonds. The maximum Gasteiger partial charge on any atom is 0.252 e. The van der Waals surface area contributed by atoms with Gasteiger partial charge in [-0.1, -0.05) is 19.1 Å². The van der Waals surface area contributed by atoms with Gasteiger partial charge in [0.15, 0.2) is 11.4 Å². The van der Waals surface area contributed by atoms with Gasteiger partial charge in [0.1, 0.15) is 12.4 Å². The molecule has 3 fully saturated rings. The zero-order valence-corrected chi connectivity index (χ0v) is 18.3. The van der Waals surface area contributed by atoms with Crippen LogP contribution in [0.5, 0.6) is 0 Å². The summed E-state index contributed by atoms with van der Waals surface area (Å²) in [6.07, 6.45) is 5.67. The van der Waals surface area contributed by atoms with Crippen molar-refractivity contribution in [3.8, 4) is 0 Å². The third-order valence-electron chi connectivity index (χ3n) is 7.25. The van der Waals surface area contributed by atoms with Gasteiger partial charge >= 0.3 is 0 Å². The van der Waals surface area contributed by atoms with Crippen LogP contribution < -0.4 is 4.90 Å². The van der Waals surface area contributed by atoms with Crippen LogP contribution in [0.25, 0.3) is 0 Å². The number of aromatic nitrogens is 2. The molecule has 8 heteroatoms. The molecule has 0 N–H and O–H groups in total. The second kappa shape index (κ2) is 8.15. The van der Waals surface area contributed by atoms with E-state index in [-0.39, 0.29) is 36.8 Å². The van der Waals surface area contributed by atoms with Crippen molar-refractivity contribution >= 4 is 17.6 Å². The van der Waals surface area contributed by atoms with Gasteiger partial charge in [0.05, 0.1) is 13.1 Å². The molecular formula is C24H28FN5O2. The van der Waals surface area contributed by atoms with Crippen LogP contribution in [-0.4, -0.2) is 63.0 Å². The van der Waals surface area contributed by atoms with E-state index < -0.39 is 5.54 Å². The van der Waals surface area contributed by atoms with Gasteiger partial charge in [-0.15, -0.1) is 5.10 Å². The van der Waals surface area contributed by atoms with E-state index in [1.165, 1.54) is 12.1 Å². The highest BCUT2D eigenvalue weighted by Gasteiger charge is 2.60. The molecular weight excluding hydrogens is 409 g/mol. The average molecular weight is 438 g/mol. The lowest BCUT2D eigenvalue weighted by molar-refractivity contribution is -0.171. The summed E-state index contributed by atoms with van der Waals surface area (Å²) in [4.78, 5) is 32.8. The SMILES string of the molecule is CC1CCC(N2CC(=O)N(Cc3ccc(F)cc3)C3(CN(c4cccnn4)C3)C2=O)CC1. The fraction of sp³-hybridized carbons (Fsp3) is 0.500. The molecule has 3 heterocycles. The minimum Gasteiger partial charge on any atom is -0.349 e. The summed E-state index contributed by atoms with van der Waals surface area (Å²) in [7, 11) is 0. The Hall–Kier alpha value is -3.03. The molecule has 0 radical (unpaired) electrons. The number of benzene rings is 1. The summed E-state index contributed by atoms with van der Waals surface area (Å²) in [6, 6.07) is 9.93. The summed E-state index contributed by atoms with van der Waals surface area (Å²) in [5.74, 6) is 1.02. The van der Waals surface area contributed by atoms with Gasteiger partial charge in [0.25, 0.3) is 5.91 Å². The standard InChI is InChI=1S/C24H28FN5O2/c1-17-4-10-20(11-5-17)29-14-22(31)30(13-18-6-8-19(25)9-7-18)24(23(29)32)15-28(16-24)21-3-2-12-26-27-21/h2-3,6-9,12,17,20H,4-5,10-11,13-16H2,1H3. The van der Waals surface area contributed by atoms with Gasteiger partial charge in [-0.05, 0) is 61.4 Å². The zero-order chi connectivity index (χ0) is 22.3. The van der Waals surface area contributed by atoms with E-state index in [1.807, 2.05) is 21.9 Å². The van der Waals surface area contributed by atoms with Gasteiger partial charge in [-0.3, -0.25) is 9.59 Å². The first-order valence-corrected chi connectivity index (χ1v) is 11.3. The Kier molecular flexibility index (Phi) is 5.31. The number of piperazine rings is 1. The fourth-order valence-corrected chi connectivity index (χ4v) is 5.30. The number of carbonyl (C=O) groups is 2. The first kappa shape index (κ1) is 20.8. The molecule has 0 atom stereocenters. The minimum atomic E-state index is -0.926. The lowest BCUT2D eigenvalue weighted by Gasteiger charge is -2.59. The number of nitrogens with zero attached hydrogens (tertiary/aromatic N) is 5. The fourth-order valence-electron chi connectivity index (χ4n) is 5.30. The van der Waals surface area contributed by atoms with Crippen molar-refractivity contribution in [3.05, 3.63) is 54.0 Å². The Labute approximate surface area is 187 Å². The molecule has 168 valence electrons. The second-order valence-corrected chi connectivity index (χ2v) is 9.42. The van der Waals surface area contributed by atoms with Gasteiger partial charge in [0.2, 0.25) is 5.91 Å². The quantitative estimate of drug-likeness (QED) is 0.736. The number of halogens is 1. The molecule has 5 rings (SSSR count). The van der Waals surface area contributed by atoms with Crippen LogP contribution in [0.3, 0.4) is 0 Å². The van der Waals surface area contributed by atoms with Gasteiger partial charge in [-0.2, -0.15) is 5.10 Å². The third-order valence-corrected chi connectivity index (χ3v) is 7.25. The van der Waals surface area contributed by atoms with Crippen LogP contribution in [0.2, 0.25) is 0 Å². The van der Waals surface area contributed by atoms with Gasteiger partial charge < -0.3 is 14.7 Å². The molecule has 0 bridgehead atoms. The smallest absolute Gasteiger partial charge is 0.252 e. The van der Waals surface area contributed by atoms with E-state index in [9.17, 15) is 14.0 Å². The topological polar surface area (TPSA) is 69.6 Å². The van der Waals surface area contributed by atoms with Crippen molar-refractivity contribution in [2.75, 3.05) is 24.5 Å². The van der Waals surface area contributed by atoms with Crippen molar-refractivity contribution in [2.45, 2.75) is 50.7 Å². The molecule has 3 aliphatic rings. The summed E-state index contributed by atoms with van der Waals surface area (Å²) >= 11 is 0. The highest BCUT2D eigenvalue weighted by atomic mass is 19.1. The van der Waals surface area contributed by atoms with Crippen LogP contribution >= 0.6 is 0 Å². The zero-order valence-electron chi connectivity index (χ0n) is 18.3. The number of amides is 2. The van der Waals surface area contributed by atoms with E-state index in [1.54, 1.807) is 23.2 Å². The molecule has 1 aromatic carbocycles. The molecule has 0 unspecified atom stereocenters. The minimum absolute atomic E-state index is 0.0268. The predicted molar refractivity (Wildman–Crippen MR) is 117 cm³/mol. The maximum atomic E-state index is 13.9. The summed E-state index contributed by atoms with van der Waals surface area (Å²) in [5.41, 5.74) is -0.116. The Balaban J connectivity index is 1.43. The van der Waals surface area contributed by atoms with Gasteiger partial charge in [0, 0.05) is 18.8 Å². The number of carbonyl (C=O) groups excluding carboxylic acids is 2. The van der Waals surface area contributed by atoms with E-state index in [0.29, 0.717) is 24.8 Å². The van der Waals surface area contributed by atoms with Crippen LogP contribution in [-0.2, 0) is 16.1 Å². The lowest BCUT2D eigenvalue weighted by atomic mass is 9.80. The molecule has 2 aliphatic heterocycles. The highest BCUT2D eigenvalue weighted by Crippen LogP contribution is 2.39. The molecule has 2 aromatic rings. The molecule has 1 spiro atoms. The molecule has 32 heavy (non-hydrogen) atoms. The highest BCUT2D eigenvalue weighted by molar-refractivity contribution is 6.00. The first-order valence-electron chi connectivity index (χ1n) is 11.3. The summed E-state index contributed by atoms with van der Waals surface area (Å²) < 4.78 is 13.4.